The second kappa shape index (κ2) is 8.16. The molecule has 0 radical (unpaired) electrons. The van der Waals surface area contributed by atoms with Gasteiger partial charge in [0.15, 0.2) is 0 Å². The molecule has 0 aromatic heterocycles. The first kappa shape index (κ1) is 17.5. The number of nitrogens with one attached hydrogen (secondary N) is 2. The van der Waals surface area contributed by atoms with Crippen LogP contribution in [0, 0.1) is 0 Å². The van der Waals surface area contributed by atoms with Crippen LogP contribution in [0.3, 0.4) is 0 Å². The molecule has 2 atom stereocenters. The Balaban J connectivity index is 1.72. The number of hydrogen-bond donors (Lipinski definition) is 2. The van der Waals surface area contributed by atoms with Crippen molar-refractivity contribution >= 4 is 6.09 Å². The lowest BCUT2D eigenvalue weighted by Crippen LogP contribution is -2.41. The molecule has 0 aliphatic carbocycles. The summed E-state index contributed by atoms with van der Waals surface area (Å²) in [6.45, 7) is 9.88. The van der Waals surface area contributed by atoms with Crippen LogP contribution in [0.25, 0.3) is 0 Å². The third-order valence-corrected chi connectivity index (χ3v) is 4.49. The van der Waals surface area contributed by atoms with Gasteiger partial charge in [0, 0.05) is 18.6 Å². The summed E-state index contributed by atoms with van der Waals surface area (Å²) >= 11 is 0. The quantitative estimate of drug-likeness (QED) is 0.837. The highest BCUT2D eigenvalue weighted by Gasteiger charge is 2.31. The van der Waals surface area contributed by atoms with E-state index < -0.39 is 5.60 Å². The van der Waals surface area contributed by atoms with Crippen molar-refractivity contribution in [2.24, 2.45) is 0 Å². The molecular formula is C17H33N3O2. The molecule has 2 unspecified atom stereocenters. The van der Waals surface area contributed by atoms with E-state index in [0.29, 0.717) is 12.1 Å². The predicted molar refractivity (Wildman–Crippen MR) is 89.1 cm³/mol. The van der Waals surface area contributed by atoms with Crippen LogP contribution < -0.4 is 10.6 Å². The zero-order chi connectivity index (χ0) is 16.0. The van der Waals surface area contributed by atoms with Crippen molar-refractivity contribution in [2.75, 3.05) is 26.2 Å². The number of carbonyl (C=O) groups is 1. The zero-order valence-electron chi connectivity index (χ0n) is 14.5. The monoisotopic (exact) mass is 311 g/mol. The summed E-state index contributed by atoms with van der Waals surface area (Å²) in [5.74, 6) is 0. The fraction of sp³-hybridized carbons (Fsp3) is 0.941. The van der Waals surface area contributed by atoms with Crippen LogP contribution in [0.1, 0.15) is 59.3 Å². The van der Waals surface area contributed by atoms with E-state index in [1.165, 1.54) is 19.3 Å². The molecule has 1 amide bonds. The lowest BCUT2D eigenvalue weighted by Gasteiger charge is -2.29. The molecular weight excluding hydrogens is 278 g/mol. The molecule has 0 aromatic rings. The molecule has 2 saturated heterocycles. The number of nitrogens with zero attached hydrogens (tertiary/aromatic N) is 1. The minimum atomic E-state index is -0.407. The van der Waals surface area contributed by atoms with Gasteiger partial charge in [0.1, 0.15) is 5.60 Å². The largest absolute Gasteiger partial charge is 0.444 e. The highest BCUT2D eigenvalue weighted by molar-refractivity contribution is 5.68. The smallest absolute Gasteiger partial charge is 0.410 e. The van der Waals surface area contributed by atoms with Crippen molar-refractivity contribution in [2.45, 2.75) is 77.0 Å². The summed E-state index contributed by atoms with van der Waals surface area (Å²) in [6, 6.07) is 0.970. The minimum absolute atomic E-state index is 0.145. The van der Waals surface area contributed by atoms with Crippen molar-refractivity contribution in [3.05, 3.63) is 0 Å². The Labute approximate surface area is 135 Å². The van der Waals surface area contributed by atoms with Crippen LogP contribution in [-0.4, -0.2) is 54.9 Å². The second-order valence-corrected chi connectivity index (χ2v) is 7.59. The summed E-state index contributed by atoms with van der Waals surface area (Å²) in [5, 5.41) is 7.12. The SMILES string of the molecule is CC(C)(C)OC(=O)N1CCCC1CCNC1CCCNCC1. The lowest BCUT2D eigenvalue weighted by atomic mass is 10.1. The molecule has 5 heteroatoms. The third-order valence-electron chi connectivity index (χ3n) is 4.49. The topological polar surface area (TPSA) is 53.6 Å². The highest BCUT2D eigenvalue weighted by atomic mass is 16.6. The zero-order valence-corrected chi connectivity index (χ0v) is 14.5. The van der Waals surface area contributed by atoms with Gasteiger partial charge in [0.25, 0.3) is 0 Å². The van der Waals surface area contributed by atoms with Crippen molar-refractivity contribution in [3.63, 3.8) is 0 Å². The third kappa shape index (κ3) is 5.76. The number of ether oxygens (including phenoxy) is 1. The molecule has 2 heterocycles. The molecule has 0 saturated carbocycles. The molecule has 2 rings (SSSR count). The van der Waals surface area contributed by atoms with Crippen LogP contribution in [-0.2, 0) is 4.74 Å². The summed E-state index contributed by atoms with van der Waals surface area (Å²) in [5.41, 5.74) is -0.407. The molecule has 128 valence electrons. The van der Waals surface area contributed by atoms with Gasteiger partial charge in [0.2, 0.25) is 0 Å². The Hall–Kier alpha value is -0.810. The average Bonchev–Trinajstić information content (AvgIpc) is 2.73. The van der Waals surface area contributed by atoms with Crippen molar-refractivity contribution in [1.82, 2.24) is 15.5 Å². The van der Waals surface area contributed by atoms with E-state index in [2.05, 4.69) is 10.6 Å². The maximum absolute atomic E-state index is 12.3. The summed E-state index contributed by atoms with van der Waals surface area (Å²) in [4.78, 5) is 14.2. The Morgan fingerprint density at radius 3 is 2.82 bits per heavy atom. The van der Waals surface area contributed by atoms with Gasteiger partial charge in [-0.15, -0.1) is 0 Å². The van der Waals surface area contributed by atoms with E-state index in [-0.39, 0.29) is 6.09 Å². The van der Waals surface area contributed by atoms with Gasteiger partial charge in [-0.2, -0.15) is 0 Å². The van der Waals surface area contributed by atoms with Crippen molar-refractivity contribution < 1.29 is 9.53 Å². The fourth-order valence-electron chi connectivity index (χ4n) is 3.37. The molecule has 0 spiro atoms. The molecule has 2 aliphatic heterocycles. The maximum Gasteiger partial charge on any atom is 0.410 e. The average molecular weight is 311 g/mol. The molecule has 2 N–H and O–H groups in total. The molecule has 2 aliphatic rings. The van der Waals surface area contributed by atoms with E-state index in [0.717, 1.165) is 45.4 Å². The van der Waals surface area contributed by atoms with Gasteiger partial charge in [-0.3, -0.25) is 0 Å². The summed E-state index contributed by atoms with van der Waals surface area (Å²) in [6.07, 6.45) is 6.81. The Bertz CT molecular complexity index is 346. The van der Waals surface area contributed by atoms with Crippen LogP contribution in [0.4, 0.5) is 4.79 Å². The van der Waals surface area contributed by atoms with E-state index >= 15 is 0 Å². The summed E-state index contributed by atoms with van der Waals surface area (Å²) in [7, 11) is 0. The van der Waals surface area contributed by atoms with Gasteiger partial charge in [-0.25, -0.2) is 4.79 Å². The molecule has 0 bridgehead atoms. The first-order valence-corrected chi connectivity index (χ1v) is 8.89. The standard InChI is InChI=1S/C17H33N3O2/c1-17(2,3)22-16(21)20-13-5-7-15(20)9-12-19-14-6-4-10-18-11-8-14/h14-15,18-19H,4-13H2,1-3H3. The molecule has 2 fully saturated rings. The van der Waals surface area contributed by atoms with E-state index in [9.17, 15) is 4.79 Å². The Kier molecular flexibility index (Phi) is 6.50. The number of rotatable bonds is 4. The fourth-order valence-corrected chi connectivity index (χ4v) is 3.37. The van der Waals surface area contributed by atoms with Gasteiger partial charge < -0.3 is 20.3 Å². The number of amides is 1. The minimum Gasteiger partial charge on any atom is -0.444 e. The second-order valence-electron chi connectivity index (χ2n) is 7.59. The van der Waals surface area contributed by atoms with Crippen LogP contribution >= 0.6 is 0 Å². The van der Waals surface area contributed by atoms with E-state index in [1.54, 1.807) is 0 Å². The van der Waals surface area contributed by atoms with Crippen molar-refractivity contribution in [3.8, 4) is 0 Å². The van der Waals surface area contributed by atoms with Crippen LogP contribution in [0.15, 0.2) is 0 Å². The van der Waals surface area contributed by atoms with Gasteiger partial charge >= 0.3 is 6.09 Å². The van der Waals surface area contributed by atoms with Gasteiger partial charge in [0.05, 0.1) is 0 Å². The van der Waals surface area contributed by atoms with Crippen LogP contribution in [0.5, 0.6) is 0 Å². The number of likely N-dealkylation sites (tertiary alicyclic amines) is 1. The first-order chi connectivity index (χ1) is 10.5. The van der Waals surface area contributed by atoms with E-state index in [4.69, 9.17) is 4.74 Å². The molecule has 22 heavy (non-hydrogen) atoms. The lowest BCUT2D eigenvalue weighted by molar-refractivity contribution is 0.0220. The molecule has 0 aromatic carbocycles. The highest BCUT2D eigenvalue weighted by Crippen LogP contribution is 2.22. The van der Waals surface area contributed by atoms with E-state index in [1.807, 2.05) is 25.7 Å². The number of hydrogen-bond acceptors (Lipinski definition) is 4. The van der Waals surface area contributed by atoms with Gasteiger partial charge in [-0.1, -0.05) is 0 Å². The maximum atomic E-state index is 12.3. The Morgan fingerprint density at radius 1 is 1.23 bits per heavy atom. The number of carbonyl (C=O) groups excluding carboxylic acids is 1. The van der Waals surface area contributed by atoms with Gasteiger partial charge in [-0.05, 0) is 78.9 Å². The van der Waals surface area contributed by atoms with Crippen LogP contribution in [0.2, 0.25) is 0 Å². The first-order valence-electron chi connectivity index (χ1n) is 8.89. The summed E-state index contributed by atoms with van der Waals surface area (Å²) < 4.78 is 5.52. The predicted octanol–water partition coefficient (Wildman–Crippen LogP) is 2.51. The molecule has 5 nitrogen and oxygen atoms in total. The normalized spacial score (nSPS) is 26.8. The van der Waals surface area contributed by atoms with Crippen molar-refractivity contribution in [1.29, 1.82) is 0 Å². The Morgan fingerprint density at radius 2 is 2.05 bits per heavy atom.